The Kier molecular flexibility index (Phi) is 22.2. The third-order valence-electron chi connectivity index (χ3n) is 10.0. The molecule has 15 heteroatoms. The summed E-state index contributed by atoms with van der Waals surface area (Å²) in [7, 11) is -2.58. The smallest absolute Gasteiger partial charge is 0.374 e. The third kappa shape index (κ3) is 20.3. The van der Waals surface area contributed by atoms with Gasteiger partial charge in [0.05, 0.1) is 38.4 Å². The van der Waals surface area contributed by atoms with E-state index in [9.17, 15) is 14.7 Å². The molecule has 10 nitrogen and oxygen atoms in total. The maximum atomic E-state index is 11.3. The van der Waals surface area contributed by atoms with Crippen LogP contribution in [0.3, 0.4) is 0 Å². The highest BCUT2D eigenvalue weighted by molar-refractivity contribution is 9.10. The molecule has 4 aromatic carbocycles. The number of esters is 2. The molecule has 0 unspecified atom stereocenters. The van der Waals surface area contributed by atoms with Gasteiger partial charge in [0.25, 0.3) is 5.95 Å². The van der Waals surface area contributed by atoms with Crippen molar-refractivity contribution in [2.24, 2.45) is 0 Å². The van der Waals surface area contributed by atoms with Gasteiger partial charge in [0.15, 0.2) is 0 Å². The number of carbonyl (C=O) groups excluding carboxylic acids is 2. The number of phenolic OH excluding ortho intramolecular Hbond substituents is 2. The van der Waals surface area contributed by atoms with E-state index in [2.05, 4.69) is 147 Å². The number of rotatable bonds is 9. The Hall–Kier alpha value is -5.07. The summed E-state index contributed by atoms with van der Waals surface area (Å²) in [5.74, 6) is 2.95. The minimum absolute atomic E-state index is 0.129. The molecule has 0 spiro atoms. The van der Waals surface area contributed by atoms with Gasteiger partial charge in [-0.05, 0) is 131 Å². The first-order valence-electron chi connectivity index (χ1n) is 22.4. The van der Waals surface area contributed by atoms with Gasteiger partial charge in [-0.15, -0.1) is 0 Å². The molecule has 2 heterocycles. The number of methoxy groups -OCH3 is 2. The van der Waals surface area contributed by atoms with E-state index in [4.69, 9.17) is 23.1 Å². The standard InChI is InChI=1S/C16H20O4Si.C13H24OSi2.C10H16OSi.C7H7BrO.C7H8O3/c1-11-10-12(21(3,4)5)6-7-13(11)19-15-9-8-14(20-15)16(17)18-2;1-11-10-12(15(2,3)4)8-9-13(11)14-16(5,6)7;1-8-7-9(12(2,3)4)5-6-10(8)11;1-5-4-6(8)2-3-7(5)9;1-5-3-4-6(10-5)7(8)9-2/h6-10H,1-5H3;8-10H,1-7H3;5-7,11H,1-4H3;2-4,9H,1H3;3-4H,1-2H3. The van der Waals surface area contributed by atoms with E-state index in [1.807, 2.05) is 45.0 Å². The van der Waals surface area contributed by atoms with Crippen LogP contribution >= 0.6 is 15.9 Å². The van der Waals surface area contributed by atoms with Gasteiger partial charge < -0.3 is 37.7 Å². The summed E-state index contributed by atoms with van der Waals surface area (Å²) >= 11 is 3.29. The van der Waals surface area contributed by atoms with E-state index in [1.54, 1.807) is 37.3 Å². The van der Waals surface area contributed by atoms with Crippen molar-refractivity contribution in [1.29, 1.82) is 0 Å². The first kappa shape index (κ1) is 59.1. The number of aromatic hydroxyl groups is 2. The lowest BCUT2D eigenvalue weighted by Crippen LogP contribution is -2.38. The second kappa shape index (κ2) is 25.5. The molecule has 0 fully saturated rings. The maximum absolute atomic E-state index is 11.3. The molecular formula is C53H75BrO10Si4. The average Bonchev–Trinajstić information content (AvgIpc) is 3.90. The number of furan rings is 2. The monoisotopic (exact) mass is 1060 g/mol. The lowest BCUT2D eigenvalue weighted by atomic mass is 10.2. The van der Waals surface area contributed by atoms with Crippen molar-refractivity contribution in [2.75, 3.05) is 14.2 Å². The fraction of sp³-hybridized carbons (Fsp3) is 0.358. The molecule has 0 amide bonds. The van der Waals surface area contributed by atoms with Crippen molar-refractivity contribution in [3.05, 3.63) is 141 Å². The van der Waals surface area contributed by atoms with Crippen molar-refractivity contribution in [2.45, 2.75) is 113 Å². The van der Waals surface area contributed by atoms with Crippen LogP contribution in [0.5, 0.6) is 28.9 Å². The SMILES string of the molecule is COC(=O)c1ccc(C)o1.COC(=O)c1ccc(Oc2ccc([Si](C)(C)C)cc2C)o1.Cc1cc(Br)ccc1O.Cc1cc([Si](C)(C)C)ccc1O.Cc1cc([Si](C)(C)C)ccc1O[Si](C)(C)C. The zero-order valence-corrected chi connectivity index (χ0v) is 49.4. The van der Waals surface area contributed by atoms with E-state index in [1.165, 1.54) is 41.4 Å². The van der Waals surface area contributed by atoms with E-state index in [0.717, 1.165) is 32.7 Å². The fourth-order valence-corrected chi connectivity index (χ4v) is 10.9. The normalized spacial score (nSPS) is 11.2. The summed E-state index contributed by atoms with van der Waals surface area (Å²) in [5, 5.41) is 22.6. The second-order valence-corrected chi connectivity index (χ2v) is 41.0. The zero-order valence-electron chi connectivity index (χ0n) is 43.8. The number of halogens is 1. The Balaban J connectivity index is 0.000000302. The van der Waals surface area contributed by atoms with Crippen molar-refractivity contribution in [1.82, 2.24) is 0 Å². The number of carbonyl (C=O) groups is 2. The molecule has 6 rings (SSSR count). The number of phenols is 2. The summed E-state index contributed by atoms with van der Waals surface area (Å²) in [6.07, 6.45) is 0. The molecule has 0 bridgehead atoms. The predicted octanol–water partition coefficient (Wildman–Crippen LogP) is 13.5. The molecule has 0 atom stereocenters. The van der Waals surface area contributed by atoms with Crippen LogP contribution in [0.1, 0.15) is 49.1 Å². The Morgan fingerprint density at radius 2 is 0.882 bits per heavy atom. The molecule has 0 saturated heterocycles. The van der Waals surface area contributed by atoms with Gasteiger partial charge in [-0.3, -0.25) is 0 Å². The summed E-state index contributed by atoms with van der Waals surface area (Å²) in [4.78, 5) is 22.0. The first-order chi connectivity index (χ1) is 31.2. The van der Waals surface area contributed by atoms with Crippen LogP contribution < -0.4 is 24.7 Å². The van der Waals surface area contributed by atoms with Gasteiger partial charge in [0.2, 0.25) is 19.8 Å². The largest absolute Gasteiger partial charge is 0.544 e. The van der Waals surface area contributed by atoms with Crippen LogP contribution in [-0.2, 0) is 9.47 Å². The summed E-state index contributed by atoms with van der Waals surface area (Å²) in [6.45, 7) is 37.3. The Bertz CT molecular complexity index is 2570. The molecular weight excluding hydrogens is 989 g/mol. The van der Waals surface area contributed by atoms with E-state index in [-0.39, 0.29) is 17.5 Å². The van der Waals surface area contributed by atoms with Crippen LogP contribution in [0.2, 0.25) is 78.6 Å². The topological polar surface area (TPSA) is 138 Å². The molecule has 370 valence electrons. The highest BCUT2D eigenvalue weighted by atomic mass is 79.9. The van der Waals surface area contributed by atoms with E-state index in [0.29, 0.717) is 17.3 Å². The van der Waals surface area contributed by atoms with Crippen molar-refractivity contribution >= 4 is 76.0 Å². The van der Waals surface area contributed by atoms with Gasteiger partial charge in [-0.2, -0.15) is 0 Å². The third-order valence-corrected chi connectivity index (χ3v) is 17.5. The first-order valence-corrected chi connectivity index (χ1v) is 37.1. The van der Waals surface area contributed by atoms with Crippen molar-refractivity contribution < 1.29 is 47.3 Å². The molecule has 6 aromatic rings. The molecule has 0 aliphatic rings. The summed E-state index contributed by atoms with van der Waals surface area (Å²) < 4.78 is 32.0. The van der Waals surface area contributed by atoms with Crippen LogP contribution in [-0.4, -0.2) is 68.9 Å². The van der Waals surface area contributed by atoms with Crippen LogP contribution in [0.4, 0.5) is 0 Å². The number of ether oxygens (including phenoxy) is 3. The number of hydrogen-bond donors (Lipinski definition) is 2. The maximum Gasteiger partial charge on any atom is 0.374 e. The average molecular weight is 1060 g/mol. The molecule has 0 saturated carbocycles. The van der Waals surface area contributed by atoms with Gasteiger partial charge >= 0.3 is 11.9 Å². The lowest BCUT2D eigenvalue weighted by molar-refractivity contribution is 0.0554. The van der Waals surface area contributed by atoms with E-state index >= 15 is 0 Å². The summed E-state index contributed by atoms with van der Waals surface area (Å²) in [5.41, 5.74) is 4.20. The molecule has 0 aliphatic carbocycles. The van der Waals surface area contributed by atoms with Crippen molar-refractivity contribution in [3.63, 3.8) is 0 Å². The van der Waals surface area contributed by atoms with Gasteiger partial charge in [-0.25, -0.2) is 9.59 Å². The molecule has 0 aliphatic heterocycles. The minimum atomic E-state index is -1.48. The van der Waals surface area contributed by atoms with Crippen LogP contribution in [0.15, 0.2) is 110 Å². The van der Waals surface area contributed by atoms with Gasteiger partial charge in [0.1, 0.15) is 28.8 Å². The Morgan fingerprint density at radius 1 is 0.485 bits per heavy atom. The minimum Gasteiger partial charge on any atom is -0.544 e. The summed E-state index contributed by atoms with van der Waals surface area (Å²) in [6, 6.07) is 30.6. The lowest BCUT2D eigenvalue weighted by Gasteiger charge is -2.23. The van der Waals surface area contributed by atoms with Crippen LogP contribution in [0.25, 0.3) is 0 Å². The number of aryl methyl sites for hydroxylation is 5. The number of benzene rings is 4. The van der Waals surface area contributed by atoms with Gasteiger partial charge in [-0.1, -0.05) is 127 Å². The zero-order chi connectivity index (χ0) is 51.9. The Labute approximate surface area is 418 Å². The van der Waals surface area contributed by atoms with E-state index < -0.39 is 44.5 Å². The number of hydrogen-bond acceptors (Lipinski definition) is 10. The highest BCUT2D eigenvalue weighted by Gasteiger charge is 2.22. The van der Waals surface area contributed by atoms with Crippen molar-refractivity contribution in [3.8, 4) is 28.9 Å². The molecule has 2 N–H and O–H groups in total. The Morgan fingerprint density at radius 3 is 1.25 bits per heavy atom. The van der Waals surface area contributed by atoms with Crippen LogP contribution in [0, 0.1) is 34.6 Å². The predicted molar refractivity (Wildman–Crippen MR) is 294 cm³/mol. The fourth-order valence-electron chi connectivity index (χ4n) is 5.87. The second-order valence-electron chi connectivity index (χ2n) is 20.5. The molecule has 2 aromatic heterocycles. The molecule has 68 heavy (non-hydrogen) atoms. The van der Waals surface area contributed by atoms with Gasteiger partial charge in [0, 0.05) is 10.5 Å². The highest BCUT2D eigenvalue weighted by Crippen LogP contribution is 2.27. The quantitative estimate of drug-likeness (QED) is 0.106. The molecule has 0 radical (unpaired) electrons.